The molecule has 0 unspecified atom stereocenters. The largest absolute Gasteiger partial charge is 0.492 e. The van der Waals surface area contributed by atoms with E-state index in [2.05, 4.69) is 39.0 Å². The summed E-state index contributed by atoms with van der Waals surface area (Å²) < 4.78 is 5.73. The molecule has 0 atom stereocenters. The summed E-state index contributed by atoms with van der Waals surface area (Å²) in [4.78, 5) is 6.76. The first kappa shape index (κ1) is 16.4. The van der Waals surface area contributed by atoms with Gasteiger partial charge in [-0.2, -0.15) is 11.3 Å². The molecule has 1 heterocycles. The number of likely N-dealkylation sites (N-methyl/N-ethyl adjacent to an activating group) is 1. The van der Waals surface area contributed by atoms with Crippen molar-refractivity contribution in [2.24, 2.45) is 4.99 Å². The lowest BCUT2D eigenvalue weighted by Gasteiger charge is -2.22. The van der Waals surface area contributed by atoms with E-state index >= 15 is 0 Å². The first-order valence-corrected chi connectivity index (χ1v) is 8.42. The summed E-state index contributed by atoms with van der Waals surface area (Å²) in [5, 5.41) is 7.53. The predicted octanol–water partition coefficient (Wildman–Crippen LogP) is 3.22. The molecular weight excluding hydrogens is 294 g/mol. The zero-order chi connectivity index (χ0) is 15.6. The number of ether oxygens (including phenoxy) is 1. The Labute approximate surface area is 136 Å². The van der Waals surface area contributed by atoms with Gasteiger partial charge in [-0.15, -0.1) is 0 Å². The summed E-state index contributed by atoms with van der Waals surface area (Å²) in [5.74, 6) is 1.81. The second kappa shape index (κ2) is 9.10. The van der Waals surface area contributed by atoms with Crippen LogP contribution in [0.15, 0.2) is 52.2 Å². The fraction of sp³-hybridized carbons (Fsp3) is 0.353. The molecule has 1 aromatic heterocycles. The number of guanidine groups is 1. The summed E-state index contributed by atoms with van der Waals surface area (Å²) in [7, 11) is 2.03. The van der Waals surface area contributed by atoms with Crippen molar-refractivity contribution < 1.29 is 4.74 Å². The van der Waals surface area contributed by atoms with Crippen LogP contribution in [0.2, 0.25) is 0 Å². The molecule has 5 heteroatoms. The first-order valence-electron chi connectivity index (χ1n) is 7.48. The minimum absolute atomic E-state index is 0.628. The van der Waals surface area contributed by atoms with Gasteiger partial charge in [0.15, 0.2) is 5.96 Å². The van der Waals surface area contributed by atoms with Crippen LogP contribution in [0, 0.1) is 0 Å². The summed E-state index contributed by atoms with van der Waals surface area (Å²) in [6.45, 7) is 5.05. The van der Waals surface area contributed by atoms with Crippen molar-refractivity contribution in [3.63, 3.8) is 0 Å². The van der Waals surface area contributed by atoms with E-state index in [4.69, 9.17) is 4.74 Å². The van der Waals surface area contributed by atoms with E-state index in [9.17, 15) is 0 Å². The molecule has 0 radical (unpaired) electrons. The number of aliphatic imine (C=N–C) groups is 1. The van der Waals surface area contributed by atoms with Crippen molar-refractivity contribution in [2.75, 3.05) is 26.7 Å². The molecule has 0 saturated carbocycles. The average molecular weight is 317 g/mol. The Morgan fingerprint density at radius 1 is 1.27 bits per heavy atom. The van der Waals surface area contributed by atoms with E-state index in [1.54, 1.807) is 11.3 Å². The van der Waals surface area contributed by atoms with E-state index in [0.29, 0.717) is 13.2 Å². The Kier molecular flexibility index (Phi) is 6.77. The van der Waals surface area contributed by atoms with Gasteiger partial charge in [-0.05, 0) is 41.4 Å². The number of rotatable bonds is 7. The maximum Gasteiger partial charge on any atom is 0.194 e. The minimum atomic E-state index is 0.628. The van der Waals surface area contributed by atoms with Gasteiger partial charge in [0.25, 0.3) is 0 Å². The zero-order valence-corrected chi connectivity index (χ0v) is 14.0. The molecule has 0 amide bonds. The maximum absolute atomic E-state index is 5.73. The van der Waals surface area contributed by atoms with Gasteiger partial charge in [-0.1, -0.05) is 18.2 Å². The van der Waals surface area contributed by atoms with Gasteiger partial charge in [0.1, 0.15) is 12.4 Å². The fourth-order valence-corrected chi connectivity index (χ4v) is 2.60. The van der Waals surface area contributed by atoms with Crippen LogP contribution >= 0.6 is 11.3 Å². The number of benzene rings is 1. The molecule has 1 aromatic carbocycles. The van der Waals surface area contributed by atoms with Gasteiger partial charge < -0.3 is 15.0 Å². The molecule has 2 aromatic rings. The molecule has 0 fully saturated rings. The quantitative estimate of drug-likeness (QED) is 0.629. The SMILES string of the molecule is CCNC(=NCc1ccsc1)N(C)CCOc1ccccc1. The predicted molar refractivity (Wildman–Crippen MR) is 93.7 cm³/mol. The maximum atomic E-state index is 5.73. The highest BCUT2D eigenvalue weighted by Gasteiger charge is 2.05. The normalized spacial score (nSPS) is 11.3. The second-order valence-corrected chi connectivity index (χ2v) is 5.66. The molecular formula is C17H23N3OS. The second-order valence-electron chi connectivity index (χ2n) is 4.88. The molecule has 2 rings (SSSR count). The van der Waals surface area contributed by atoms with Gasteiger partial charge >= 0.3 is 0 Å². The smallest absolute Gasteiger partial charge is 0.194 e. The highest BCUT2D eigenvalue weighted by atomic mass is 32.1. The zero-order valence-electron chi connectivity index (χ0n) is 13.2. The van der Waals surface area contributed by atoms with Crippen molar-refractivity contribution in [1.29, 1.82) is 0 Å². The molecule has 22 heavy (non-hydrogen) atoms. The van der Waals surface area contributed by atoms with E-state index in [-0.39, 0.29) is 0 Å². The molecule has 0 saturated heterocycles. The Morgan fingerprint density at radius 3 is 2.77 bits per heavy atom. The third-order valence-corrected chi connectivity index (χ3v) is 3.86. The highest BCUT2D eigenvalue weighted by molar-refractivity contribution is 7.07. The number of thiophene rings is 1. The van der Waals surface area contributed by atoms with Crippen LogP contribution in [-0.4, -0.2) is 37.6 Å². The van der Waals surface area contributed by atoms with E-state index in [0.717, 1.165) is 24.8 Å². The number of nitrogens with zero attached hydrogens (tertiary/aromatic N) is 2. The van der Waals surface area contributed by atoms with Crippen molar-refractivity contribution in [1.82, 2.24) is 10.2 Å². The lowest BCUT2D eigenvalue weighted by Crippen LogP contribution is -2.40. The lowest BCUT2D eigenvalue weighted by atomic mass is 10.3. The fourth-order valence-electron chi connectivity index (χ4n) is 1.94. The van der Waals surface area contributed by atoms with Crippen molar-refractivity contribution in [2.45, 2.75) is 13.5 Å². The lowest BCUT2D eigenvalue weighted by molar-refractivity contribution is 0.281. The van der Waals surface area contributed by atoms with Gasteiger partial charge in [0.05, 0.1) is 13.1 Å². The van der Waals surface area contributed by atoms with Gasteiger partial charge in [-0.3, -0.25) is 0 Å². The Hall–Kier alpha value is -2.01. The molecule has 0 bridgehead atoms. The van der Waals surface area contributed by atoms with Crippen LogP contribution in [-0.2, 0) is 6.54 Å². The highest BCUT2D eigenvalue weighted by Crippen LogP contribution is 2.09. The number of nitrogens with one attached hydrogen (secondary N) is 1. The van der Waals surface area contributed by atoms with Crippen molar-refractivity contribution in [3.8, 4) is 5.75 Å². The summed E-state index contributed by atoms with van der Waals surface area (Å²) in [6.07, 6.45) is 0. The van der Waals surface area contributed by atoms with Crippen LogP contribution in [0.4, 0.5) is 0 Å². The Bertz CT molecular complexity index is 555. The van der Waals surface area contributed by atoms with Crippen LogP contribution in [0.1, 0.15) is 12.5 Å². The summed E-state index contributed by atoms with van der Waals surface area (Å²) in [6, 6.07) is 12.0. The topological polar surface area (TPSA) is 36.9 Å². The van der Waals surface area contributed by atoms with Crippen LogP contribution in [0.25, 0.3) is 0 Å². The number of hydrogen-bond donors (Lipinski definition) is 1. The van der Waals surface area contributed by atoms with Crippen molar-refractivity contribution >= 4 is 17.3 Å². The van der Waals surface area contributed by atoms with Gasteiger partial charge in [0.2, 0.25) is 0 Å². The third-order valence-electron chi connectivity index (χ3n) is 3.13. The Morgan fingerprint density at radius 2 is 2.09 bits per heavy atom. The van der Waals surface area contributed by atoms with Crippen LogP contribution < -0.4 is 10.1 Å². The standard InChI is InChI=1S/C17H23N3OS/c1-3-18-17(19-13-15-9-12-22-14-15)20(2)10-11-21-16-7-5-4-6-8-16/h4-9,12,14H,3,10-11,13H2,1-2H3,(H,18,19). The van der Waals surface area contributed by atoms with Crippen LogP contribution in [0.5, 0.6) is 5.75 Å². The average Bonchev–Trinajstić information content (AvgIpc) is 3.05. The van der Waals surface area contributed by atoms with E-state index in [1.165, 1.54) is 5.56 Å². The molecule has 0 spiro atoms. The first-order chi connectivity index (χ1) is 10.8. The molecule has 0 aliphatic heterocycles. The van der Waals surface area contributed by atoms with E-state index < -0.39 is 0 Å². The van der Waals surface area contributed by atoms with E-state index in [1.807, 2.05) is 37.4 Å². The summed E-state index contributed by atoms with van der Waals surface area (Å²) in [5.41, 5.74) is 1.24. The minimum Gasteiger partial charge on any atom is -0.492 e. The molecule has 0 aliphatic carbocycles. The van der Waals surface area contributed by atoms with Gasteiger partial charge in [0, 0.05) is 13.6 Å². The van der Waals surface area contributed by atoms with Crippen LogP contribution in [0.3, 0.4) is 0 Å². The van der Waals surface area contributed by atoms with Gasteiger partial charge in [-0.25, -0.2) is 4.99 Å². The Balaban J connectivity index is 1.83. The van der Waals surface area contributed by atoms with Crippen molar-refractivity contribution in [3.05, 3.63) is 52.7 Å². The molecule has 0 aliphatic rings. The molecule has 4 nitrogen and oxygen atoms in total. The monoisotopic (exact) mass is 317 g/mol. The molecule has 1 N–H and O–H groups in total. The third kappa shape index (κ3) is 5.41. The summed E-state index contributed by atoms with van der Waals surface area (Å²) >= 11 is 1.70. The molecule has 118 valence electrons. The number of para-hydroxylation sites is 1. The number of hydrogen-bond acceptors (Lipinski definition) is 3.